The molecule has 0 spiro atoms. The summed E-state index contributed by atoms with van der Waals surface area (Å²) < 4.78 is 0.938. The molecule has 1 amide bonds. The molecule has 25 heavy (non-hydrogen) atoms. The van der Waals surface area contributed by atoms with E-state index in [-0.39, 0.29) is 5.91 Å². The van der Waals surface area contributed by atoms with Crippen molar-refractivity contribution >= 4 is 39.0 Å². The Morgan fingerprint density at radius 3 is 2.44 bits per heavy atom. The fourth-order valence-electron chi connectivity index (χ4n) is 2.37. The van der Waals surface area contributed by atoms with Gasteiger partial charge in [0.2, 0.25) is 0 Å². The number of anilines is 3. The molecule has 3 aromatic rings. The highest BCUT2D eigenvalue weighted by Gasteiger charge is 2.07. The molecule has 0 bridgehead atoms. The Morgan fingerprint density at radius 1 is 1.00 bits per heavy atom. The summed E-state index contributed by atoms with van der Waals surface area (Å²) in [6, 6.07) is 17.0. The van der Waals surface area contributed by atoms with Crippen LogP contribution in [0.1, 0.15) is 21.5 Å². The average Bonchev–Trinajstić information content (AvgIpc) is 2.61. The van der Waals surface area contributed by atoms with Crippen molar-refractivity contribution in [3.8, 4) is 0 Å². The van der Waals surface area contributed by atoms with Gasteiger partial charge in [-0.25, -0.2) is 4.98 Å². The Kier molecular flexibility index (Phi) is 5.14. The molecule has 0 saturated heterocycles. The highest BCUT2D eigenvalue weighted by molar-refractivity contribution is 9.10. The average molecular weight is 396 g/mol. The van der Waals surface area contributed by atoms with Crippen molar-refractivity contribution in [2.75, 3.05) is 10.6 Å². The van der Waals surface area contributed by atoms with Gasteiger partial charge in [0.15, 0.2) is 0 Å². The van der Waals surface area contributed by atoms with Gasteiger partial charge in [-0.1, -0.05) is 28.1 Å². The first-order valence-electron chi connectivity index (χ1n) is 7.89. The molecule has 0 radical (unpaired) electrons. The summed E-state index contributed by atoms with van der Waals surface area (Å²) in [4.78, 5) is 16.6. The van der Waals surface area contributed by atoms with Gasteiger partial charge in [0.25, 0.3) is 5.91 Å². The van der Waals surface area contributed by atoms with Gasteiger partial charge < -0.3 is 10.6 Å². The Morgan fingerprint density at radius 2 is 1.76 bits per heavy atom. The van der Waals surface area contributed by atoms with Crippen LogP contribution in [0.5, 0.6) is 0 Å². The van der Waals surface area contributed by atoms with Gasteiger partial charge in [-0.05, 0) is 67.4 Å². The molecule has 2 N–H and O–H groups in total. The number of pyridine rings is 1. The molecule has 3 rings (SSSR count). The number of carbonyl (C=O) groups excluding carboxylic acids is 1. The predicted molar refractivity (Wildman–Crippen MR) is 106 cm³/mol. The number of benzene rings is 2. The van der Waals surface area contributed by atoms with Crippen LogP contribution >= 0.6 is 15.9 Å². The smallest absolute Gasteiger partial charge is 0.255 e. The third-order valence-electron chi connectivity index (χ3n) is 4.00. The summed E-state index contributed by atoms with van der Waals surface area (Å²) in [7, 11) is 0. The standard InChI is InChI=1S/C20H18BrN3O/c1-13-4-3-5-18(14(13)2)24-19-11-10-17(12-22-19)23-20(25)15-6-8-16(21)9-7-15/h3-12H,1-2H3,(H,22,24)(H,23,25). The largest absolute Gasteiger partial charge is 0.340 e. The van der Waals surface area contributed by atoms with E-state index in [1.54, 1.807) is 18.3 Å². The molecule has 2 aromatic carbocycles. The van der Waals surface area contributed by atoms with Crippen LogP contribution in [0.3, 0.4) is 0 Å². The highest BCUT2D eigenvalue weighted by Crippen LogP contribution is 2.22. The number of carbonyl (C=O) groups is 1. The normalized spacial score (nSPS) is 10.4. The van der Waals surface area contributed by atoms with Crippen molar-refractivity contribution in [2.45, 2.75) is 13.8 Å². The fraction of sp³-hybridized carbons (Fsp3) is 0.100. The molecule has 4 nitrogen and oxygen atoms in total. The predicted octanol–water partition coefficient (Wildman–Crippen LogP) is 5.46. The molecule has 0 saturated carbocycles. The first-order chi connectivity index (χ1) is 12.0. The quantitative estimate of drug-likeness (QED) is 0.616. The molecule has 1 aromatic heterocycles. The number of nitrogens with one attached hydrogen (secondary N) is 2. The van der Waals surface area contributed by atoms with Gasteiger partial charge in [0.1, 0.15) is 5.82 Å². The third-order valence-corrected chi connectivity index (χ3v) is 4.52. The van der Waals surface area contributed by atoms with E-state index in [0.717, 1.165) is 16.0 Å². The summed E-state index contributed by atoms with van der Waals surface area (Å²) in [5.74, 6) is 0.569. The SMILES string of the molecule is Cc1cccc(Nc2ccc(NC(=O)c3ccc(Br)cc3)cn2)c1C. The van der Waals surface area contributed by atoms with Crippen molar-refractivity contribution < 1.29 is 4.79 Å². The summed E-state index contributed by atoms with van der Waals surface area (Å²) in [6.07, 6.45) is 1.64. The molecule has 5 heteroatoms. The molecule has 0 aliphatic heterocycles. The van der Waals surface area contributed by atoms with E-state index in [1.807, 2.05) is 36.4 Å². The Labute approximate surface area is 155 Å². The van der Waals surface area contributed by atoms with Gasteiger partial charge in [-0.15, -0.1) is 0 Å². The monoisotopic (exact) mass is 395 g/mol. The maximum Gasteiger partial charge on any atom is 0.255 e. The lowest BCUT2D eigenvalue weighted by Gasteiger charge is -2.11. The second-order valence-corrected chi connectivity index (χ2v) is 6.68. The number of halogens is 1. The third kappa shape index (κ3) is 4.25. The highest BCUT2D eigenvalue weighted by atomic mass is 79.9. The van der Waals surface area contributed by atoms with E-state index in [4.69, 9.17) is 0 Å². The van der Waals surface area contributed by atoms with E-state index < -0.39 is 0 Å². The molecule has 0 atom stereocenters. The van der Waals surface area contributed by atoms with Crippen LogP contribution < -0.4 is 10.6 Å². The molecular weight excluding hydrogens is 378 g/mol. The molecule has 0 fully saturated rings. The number of hydrogen-bond acceptors (Lipinski definition) is 3. The lowest BCUT2D eigenvalue weighted by atomic mass is 10.1. The van der Waals surface area contributed by atoms with Crippen molar-refractivity contribution in [1.29, 1.82) is 0 Å². The van der Waals surface area contributed by atoms with E-state index >= 15 is 0 Å². The van der Waals surface area contributed by atoms with E-state index in [2.05, 4.69) is 51.5 Å². The number of nitrogens with zero attached hydrogens (tertiary/aromatic N) is 1. The molecule has 126 valence electrons. The maximum atomic E-state index is 12.2. The lowest BCUT2D eigenvalue weighted by Crippen LogP contribution is -2.11. The maximum absolute atomic E-state index is 12.2. The second-order valence-electron chi connectivity index (χ2n) is 5.77. The molecule has 0 aliphatic carbocycles. The minimum absolute atomic E-state index is 0.162. The van der Waals surface area contributed by atoms with Crippen molar-refractivity contribution in [2.24, 2.45) is 0 Å². The van der Waals surface area contributed by atoms with Crippen molar-refractivity contribution in [1.82, 2.24) is 4.98 Å². The molecular formula is C20H18BrN3O. The van der Waals surface area contributed by atoms with Crippen LogP contribution in [-0.4, -0.2) is 10.9 Å². The van der Waals surface area contributed by atoms with E-state index in [1.165, 1.54) is 11.1 Å². The van der Waals surface area contributed by atoms with Crippen LogP contribution in [0.25, 0.3) is 0 Å². The summed E-state index contributed by atoms with van der Waals surface area (Å²) in [5.41, 5.74) is 4.69. The van der Waals surface area contributed by atoms with E-state index in [9.17, 15) is 4.79 Å². The van der Waals surface area contributed by atoms with Gasteiger partial charge in [0, 0.05) is 15.7 Å². The lowest BCUT2D eigenvalue weighted by molar-refractivity contribution is 0.102. The van der Waals surface area contributed by atoms with Gasteiger partial charge in [-0.3, -0.25) is 4.79 Å². The van der Waals surface area contributed by atoms with Crippen molar-refractivity contribution in [3.63, 3.8) is 0 Å². The second kappa shape index (κ2) is 7.49. The summed E-state index contributed by atoms with van der Waals surface area (Å²) >= 11 is 3.36. The van der Waals surface area contributed by atoms with Crippen LogP contribution in [0, 0.1) is 13.8 Å². The zero-order chi connectivity index (χ0) is 17.8. The molecule has 0 unspecified atom stereocenters. The number of amides is 1. The van der Waals surface area contributed by atoms with Crippen LogP contribution in [0.2, 0.25) is 0 Å². The number of hydrogen-bond donors (Lipinski definition) is 2. The summed E-state index contributed by atoms with van der Waals surface area (Å²) in [6.45, 7) is 4.15. The fourth-order valence-corrected chi connectivity index (χ4v) is 2.64. The zero-order valence-electron chi connectivity index (χ0n) is 14.0. The number of aryl methyl sites for hydroxylation is 1. The van der Waals surface area contributed by atoms with Crippen molar-refractivity contribution in [3.05, 3.63) is 82.0 Å². The molecule has 0 aliphatic rings. The zero-order valence-corrected chi connectivity index (χ0v) is 15.6. The minimum Gasteiger partial charge on any atom is -0.340 e. The minimum atomic E-state index is -0.162. The van der Waals surface area contributed by atoms with Crippen LogP contribution in [0.4, 0.5) is 17.2 Å². The first kappa shape index (κ1) is 17.2. The Hall–Kier alpha value is -2.66. The van der Waals surface area contributed by atoms with Gasteiger partial charge in [-0.2, -0.15) is 0 Å². The first-order valence-corrected chi connectivity index (χ1v) is 8.68. The molecule has 1 heterocycles. The van der Waals surface area contributed by atoms with Crippen LogP contribution in [0.15, 0.2) is 65.3 Å². The Balaban J connectivity index is 1.69. The van der Waals surface area contributed by atoms with E-state index in [0.29, 0.717) is 11.3 Å². The van der Waals surface area contributed by atoms with Crippen LogP contribution in [-0.2, 0) is 0 Å². The van der Waals surface area contributed by atoms with Gasteiger partial charge in [0.05, 0.1) is 11.9 Å². The topological polar surface area (TPSA) is 54.0 Å². The number of aromatic nitrogens is 1. The van der Waals surface area contributed by atoms with Gasteiger partial charge >= 0.3 is 0 Å². The summed E-state index contributed by atoms with van der Waals surface area (Å²) in [5, 5.41) is 6.15. The Bertz CT molecular complexity index is 890. The number of rotatable bonds is 4.